The van der Waals surface area contributed by atoms with Gasteiger partial charge in [0, 0.05) is 24.8 Å². The Hall–Kier alpha value is -4.71. The van der Waals surface area contributed by atoms with Crippen molar-refractivity contribution in [2.24, 2.45) is 5.92 Å². The summed E-state index contributed by atoms with van der Waals surface area (Å²) in [5.41, 5.74) is 3.28. The Balaban J connectivity index is 1.41. The van der Waals surface area contributed by atoms with Gasteiger partial charge in [-0.25, -0.2) is 26.7 Å². The molecule has 0 spiro atoms. The number of nitrogens with one attached hydrogen (secondary N) is 1. The quantitative estimate of drug-likeness (QED) is 0.0781. The van der Waals surface area contributed by atoms with Crippen molar-refractivity contribution >= 4 is 22.0 Å². The molecular weight excluding hydrogens is 664 g/mol. The Bertz CT molecular complexity index is 1870. The Kier molecular flexibility index (Phi) is 12.6. The van der Waals surface area contributed by atoms with Gasteiger partial charge >= 0.3 is 11.9 Å². The van der Waals surface area contributed by atoms with Crippen LogP contribution >= 0.6 is 0 Å². The van der Waals surface area contributed by atoms with Crippen molar-refractivity contribution < 1.29 is 41.0 Å². The van der Waals surface area contributed by atoms with E-state index in [1.807, 2.05) is 66.7 Å². The molecule has 0 amide bonds. The largest absolute Gasteiger partial charge is 0.469 e. The molecule has 1 fully saturated rings. The topological polar surface area (TPSA) is 108 Å². The van der Waals surface area contributed by atoms with Gasteiger partial charge < -0.3 is 14.2 Å². The fraction of sp³-hybridized carbons (Fsp3) is 0.282. The van der Waals surface area contributed by atoms with Crippen molar-refractivity contribution in [2.75, 3.05) is 7.11 Å². The molecule has 0 heterocycles. The summed E-state index contributed by atoms with van der Waals surface area (Å²) in [7, 11) is -3.22. The van der Waals surface area contributed by atoms with Crippen LogP contribution in [0.4, 0.5) is 8.78 Å². The van der Waals surface area contributed by atoms with Gasteiger partial charge in [-0.1, -0.05) is 84.9 Å². The molecule has 4 aromatic rings. The summed E-state index contributed by atoms with van der Waals surface area (Å²) >= 11 is 0. The molecule has 0 aliphatic heterocycles. The van der Waals surface area contributed by atoms with Crippen molar-refractivity contribution in [1.29, 1.82) is 0 Å². The van der Waals surface area contributed by atoms with Crippen LogP contribution in [0.15, 0.2) is 120 Å². The third-order valence-corrected chi connectivity index (χ3v) is 10.1. The second-order valence-electron chi connectivity index (χ2n) is 12.0. The number of unbranched alkanes of at least 4 members (excludes halogenated alkanes) is 1. The van der Waals surface area contributed by atoms with Crippen LogP contribution in [0.5, 0.6) is 0 Å². The lowest BCUT2D eigenvalue weighted by molar-refractivity contribution is -0.140. The zero-order valence-electron chi connectivity index (χ0n) is 27.5. The summed E-state index contributed by atoms with van der Waals surface area (Å²) in [4.78, 5) is 24.0. The van der Waals surface area contributed by atoms with E-state index in [1.54, 1.807) is 30.3 Å². The maximum atomic E-state index is 14.8. The smallest absolute Gasteiger partial charge is 0.338 e. The highest BCUT2D eigenvalue weighted by atomic mass is 32.2. The highest BCUT2D eigenvalue weighted by molar-refractivity contribution is 7.89. The first-order chi connectivity index (χ1) is 24.1. The number of carbonyl (C=O) groups excluding carboxylic acids is 2. The number of esters is 2. The van der Waals surface area contributed by atoms with Gasteiger partial charge in [-0.3, -0.25) is 4.79 Å². The fourth-order valence-electron chi connectivity index (χ4n) is 6.01. The summed E-state index contributed by atoms with van der Waals surface area (Å²) in [5.74, 6) is -3.69. The zero-order valence-corrected chi connectivity index (χ0v) is 28.4. The van der Waals surface area contributed by atoms with E-state index in [-0.39, 0.29) is 31.0 Å². The van der Waals surface area contributed by atoms with Gasteiger partial charge in [-0.15, -0.1) is 0 Å². The zero-order chi connectivity index (χ0) is 35.5. The Morgan fingerprint density at radius 3 is 2.22 bits per heavy atom. The third kappa shape index (κ3) is 9.71. The van der Waals surface area contributed by atoms with Crippen LogP contribution < -0.4 is 4.72 Å². The standard InChI is InChI=1S/C39H39F2NO7S/c1-47-37(43)17-11-3-2-10-16-32-34(48-26-27-18-20-29(21-19-27)28-12-6-4-7-13-28)25-35(49-39(44)30-14-8-5-9-15-30)38(32)42-50(45,46)36-23-22-31(40)24-33(36)41/h2,4-10,12-15,18-24,32,34-35,38,42H,3,11,16-17,25-26H2,1H3/b10-2-/t32-,34+,35+,38+/m0/s1. The number of allylic oxidation sites excluding steroid dienone is 2. The number of ether oxygens (including phenoxy) is 3. The molecule has 0 aromatic heterocycles. The van der Waals surface area contributed by atoms with Crippen molar-refractivity contribution in [3.8, 4) is 11.1 Å². The molecule has 0 saturated heterocycles. The first kappa shape index (κ1) is 36.6. The molecule has 0 radical (unpaired) electrons. The van der Waals surface area contributed by atoms with E-state index in [1.165, 1.54) is 7.11 Å². The maximum Gasteiger partial charge on any atom is 0.338 e. The average molecular weight is 704 g/mol. The van der Waals surface area contributed by atoms with E-state index in [2.05, 4.69) is 4.72 Å². The number of hydrogen-bond acceptors (Lipinski definition) is 7. The molecule has 4 aromatic carbocycles. The summed E-state index contributed by atoms with van der Waals surface area (Å²) in [6.45, 7) is 0.199. The molecule has 11 heteroatoms. The van der Waals surface area contributed by atoms with Crippen LogP contribution in [0.3, 0.4) is 0 Å². The molecule has 1 aliphatic rings. The van der Waals surface area contributed by atoms with Gasteiger partial charge in [0.1, 0.15) is 22.6 Å². The van der Waals surface area contributed by atoms with Crippen LogP contribution in [-0.2, 0) is 35.6 Å². The van der Waals surface area contributed by atoms with Crippen LogP contribution in [0.25, 0.3) is 11.1 Å². The van der Waals surface area contributed by atoms with Crippen molar-refractivity contribution in [3.05, 3.63) is 138 Å². The highest BCUT2D eigenvalue weighted by Gasteiger charge is 2.47. The van der Waals surface area contributed by atoms with Crippen molar-refractivity contribution in [2.45, 2.75) is 61.9 Å². The number of sulfonamides is 1. The lowest BCUT2D eigenvalue weighted by Crippen LogP contribution is -2.46. The average Bonchev–Trinajstić information content (AvgIpc) is 3.43. The number of halogens is 2. The minimum absolute atomic E-state index is 0.153. The number of carbonyl (C=O) groups is 2. The van der Waals surface area contributed by atoms with Gasteiger partial charge in [0.2, 0.25) is 10.0 Å². The molecule has 4 atom stereocenters. The molecule has 50 heavy (non-hydrogen) atoms. The van der Waals surface area contributed by atoms with Gasteiger partial charge in [0.25, 0.3) is 0 Å². The first-order valence-electron chi connectivity index (χ1n) is 16.4. The minimum Gasteiger partial charge on any atom is -0.469 e. The van der Waals surface area contributed by atoms with Crippen molar-refractivity contribution in [1.82, 2.24) is 4.72 Å². The third-order valence-electron chi connectivity index (χ3n) is 8.63. The molecule has 0 bridgehead atoms. The van der Waals surface area contributed by atoms with E-state index >= 15 is 0 Å². The predicted molar refractivity (Wildman–Crippen MR) is 184 cm³/mol. The van der Waals surface area contributed by atoms with E-state index in [4.69, 9.17) is 14.2 Å². The first-order valence-corrected chi connectivity index (χ1v) is 17.8. The fourth-order valence-corrected chi connectivity index (χ4v) is 7.39. The molecular formula is C39H39F2NO7S. The summed E-state index contributed by atoms with van der Waals surface area (Å²) < 4.78 is 75.3. The van der Waals surface area contributed by atoms with E-state index in [0.717, 1.165) is 28.8 Å². The lowest BCUT2D eigenvalue weighted by atomic mass is 9.97. The monoisotopic (exact) mass is 703 g/mol. The van der Waals surface area contributed by atoms with Crippen LogP contribution in [-0.4, -0.2) is 45.7 Å². The molecule has 1 aliphatic carbocycles. The summed E-state index contributed by atoms with van der Waals surface area (Å²) in [5, 5.41) is 0. The molecule has 8 nitrogen and oxygen atoms in total. The summed E-state index contributed by atoms with van der Waals surface area (Å²) in [6.07, 6.45) is 4.04. The highest BCUT2D eigenvalue weighted by Crippen LogP contribution is 2.36. The number of benzene rings is 4. The van der Waals surface area contributed by atoms with Crippen LogP contribution in [0.2, 0.25) is 0 Å². The van der Waals surface area contributed by atoms with E-state index in [9.17, 15) is 26.8 Å². The predicted octanol–water partition coefficient (Wildman–Crippen LogP) is 7.40. The number of methoxy groups -OCH3 is 1. The molecule has 0 unspecified atom stereocenters. The van der Waals surface area contributed by atoms with Gasteiger partial charge in [0.05, 0.1) is 31.4 Å². The molecule has 1 saturated carbocycles. The number of hydrogen-bond donors (Lipinski definition) is 1. The SMILES string of the molecule is COC(=O)CCC/C=C\C[C@@H]1[C@@H](NS(=O)(=O)c2ccc(F)cc2F)[C@H](OC(=O)c2ccccc2)C[C@H]1OCc1ccc(-c2ccccc2)cc1. The van der Waals surface area contributed by atoms with Crippen LogP contribution in [0.1, 0.15) is 48.0 Å². The maximum absolute atomic E-state index is 14.8. The van der Waals surface area contributed by atoms with Gasteiger partial charge in [0.15, 0.2) is 0 Å². The van der Waals surface area contributed by atoms with E-state index in [0.29, 0.717) is 25.3 Å². The van der Waals surface area contributed by atoms with Gasteiger partial charge in [-0.05, 0) is 60.2 Å². The van der Waals surface area contributed by atoms with E-state index < -0.39 is 56.7 Å². The number of rotatable bonds is 15. The van der Waals surface area contributed by atoms with Crippen molar-refractivity contribution in [3.63, 3.8) is 0 Å². The molecule has 1 N–H and O–H groups in total. The Labute approximate surface area is 291 Å². The Morgan fingerprint density at radius 2 is 1.54 bits per heavy atom. The lowest BCUT2D eigenvalue weighted by Gasteiger charge is -2.27. The molecule has 5 rings (SSSR count). The normalized spacial score (nSPS) is 19.0. The Morgan fingerprint density at radius 1 is 0.860 bits per heavy atom. The second-order valence-corrected chi connectivity index (χ2v) is 13.7. The summed E-state index contributed by atoms with van der Waals surface area (Å²) in [6, 6.07) is 27.3. The van der Waals surface area contributed by atoms with Gasteiger partial charge in [-0.2, -0.15) is 0 Å². The molecule has 262 valence electrons. The van der Waals surface area contributed by atoms with Crippen LogP contribution in [0, 0.1) is 17.6 Å². The second kappa shape index (κ2) is 17.3. The minimum atomic E-state index is -4.54.